The van der Waals surface area contributed by atoms with Gasteiger partial charge in [-0.05, 0) is 246 Å². The zero-order valence-electron chi connectivity index (χ0n) is 78.3. The number of nitrogens with zero attached hydrogens (tertiary/aromatic N) is 5. The smallest absolute Gasteiger partial charge is 0.252 e. The number of fused-ring (bicyclic) bond motifs is 13. The fourth-order valence-corrected chi connectivity index (χ4v) is 20.9. The molecule has 0 radical (unpaired) electrons. The predicted octanol–water partition coefficient (Wildman–Crippen LogP) is 31.0. The van der Waals surface area contributed by atoms with Gasteiger partial charge in [-0.25, -0.2) is 0 Å². The van der Waals surface area contributed by atoms with E-state index in [1.165, 1.54) is 210 Å². The van der Waals surface area contributed by atoms with Crippen molar-refractivity contribution in [2.24, 2.45) is 0 Å². The molecule has 2 aliphatic rings. The van der Waals surface area contributed by atoms with Gasteiger partial charge in [-0.1, -0.05) is 373 Å². The second kappa shape index (κ2) is 30.7. The number of hydrogen-bond acceptors (Lipinski definition) is 2. The van der Waals surface area contributed by atoms with Crippen LogP contribution in [0.15, 0.2) is 340 Å². The monoisotopic (exact) mass is 1670 g/mol. The number of anilines is 4. The van der Waals surface area contributed by atoms with E-state index in [0.29, 0.717) is 19.6 Å². The molecule has 5 nitrogen and oxygen atoms in total. The van der Waals surface area contributed by atoms with Gasteiger partial charge in [0.2, 0.25) is 0 Å². The molecular weight excluding hydrogens is 1560 g/mol. The molecule has 129 heavy (non-hydrogen) atoms. The molecule has 5 heterocycles. The van der Waals surface area contributed by atoms with Crippen LogP contribution in [0.1, 0.15) is 175 Å². The van der Waals surface area contributed by atoms with Crippen molar-refractivity contribution in [3.05, 3.63) is 390 Å². The molecule has 0 unspecified atom stereocenters. The van der Waals surface area contributed by atoms with Crippen LogP contribution in [-0.2, 0) is 52.1 Å². The van der Waals surface area contributed by atoms with Crippen molar-refractivity contribution in [3.8, 4) is 67.0 Å². The minimum atomic E-state index is -0.235. The summed E-state index contributed by atoms with van der Waals surface area (Å²) in [5.41, 5.74) is 41.0. The Balaban J connectivity index is 0.900. The minimum Gasteiger partial charge on any atom is -0.338 e. The topological polar surface area (TPSA) is 21.3 Å². The summed E-state index contributed by atoms with van der Waals surface area (Å²) in [6.45, 7) is 44.0. The van der Waals surface area contributed by atoms with Crippen molar-refractivity contribution in [3.63, 3.8) is 0 Å². The Morgan fingerprint density at radius 3 is 0.961 bits per heavy atom. The summed E-state index contributed by atoms with van der Waals surface area (Å²) >= 11 is 0. The average molecular weight is 1680 g/mol. The molecule has 636 valence electrons. The normalized spacial score (nSPS) is 13.2. The largest absolute Gasteiger partial charge is 0.338 e. The second-order valence-electron chi connectivity index (χ2n) is 43.0. The lowest BCUT2D eigenvalue weighted by Crippen LogP contribution is -2.62. The van der Waals surface area contributed by atoms with E-state index in [1.807, 2.05) is 0 Å². The third-order valence-corrected chi connectivity index (χ3v) is 28.2. The van der Waals surface area contributed by atoms with Crippen LogP contribution in [0.3, 0.4) is 0 Å². The Morgan fingerprint density at radius 1 is 0.217 bits per heavy atom. The van der Waals surface area contributed by atoms with Gasteiger partial charge in [0.15, 0.2) is 0 Å². The van der Waals surface area contributed by atoms with Crippen LogP contribution in [0.25, 0.3) is 132 Å². The molecule has 16 aromatic carbocycles. The molecule has 0 saturated carbocycles. The van der Waals surface area contributed by atoms with Crippen LogP contribution < -0.4 is 26.2 Å². The highest BCUT2D eigenvalue weighted by Gasteiger charge is 2.45. The highest BCUT2D eigenvalue weighted by Crippen LogP contribution is 2.50. The standard InChI is InChI=1S/C123H116BN5/c1-118(2,3)85-52-58-111-100(67-85)101-68-86(119(4,5)6)53-59-112(101)129(111)92-54-57-106-114(74-92)127(77-104-98(81-41-27-21-28-42-81)71-90(123(16,17)18)72-99(104)82-43-29-22-30-44-82)116-62-78(75-125-107-48-34-31-47-95(107)102-73-91(55-60-108(102)125)128-109-49-35-32-45-93(109)94-46-33-36-50-110(94)128)61-115-117(116)124(106)105-56-51-83(84-63-87(120(7,8)9)66-88(64-84)121(10,11)12)65-113(105)126(115)76-103-96(79-37-23-19-24-38-79)69-89(122(13,14)15)70-97(103)80-39-25-20-26-40-80/h19-74H,75-77H2,1-18H3. The summed E-state index contributed by atoms with van der Waals surface area (Å²) in [6, 6.07) is 132. The van der Waals surface area contributed by atoms with Gasteiger partial charge >= 0.3 is 0 Å². The SMILES string of the molecule is CC(C)(C)c1cc(-c2ccc3c(c2)N(Cc2c(-c4ccccc4)cc(C(C)(C)C)cc2-c2ccccc2)c2cc(Cn4c5ccccc5c5cc(-n6c7ccccc7c7ccccc76)ccc54)cc4c2B3c2ccc(-n3c5ccc(C(C)(C)C)cc5c5cc(C(C)(C)C)ccc53)cc2N4Cc2c(-c3ccccc3)cc(C(C)(C)C)cc2-c2ccccc2)cc(C(C)(C)C)c1. The Bertz CT molecular complexity index is 7400. The summed E-state index contributed by atoms with van der Waals surface area (Å²) in [5.74, 6) is 0. The van der Waals surface area contributed by atoms with Gasteiger partial charge in [0.25, 0.3) is 6.71 Å². The zero-order chi connectivity index (χ0) is 89.3. The van der Waals surface area contributed by atoms with Crippen LogP contribution in [-0.4, -0.2) is 20.4 Å². The van der Waals surface area contributed by atoms with Crippen LogP contribution >= 0.6 is 0 Å². The molecule has 0 bridgehead atoms. The number of benzene rings is 16. The van der Waals surface area contributed by atoms with E-state index < -0.39 is 0 Å². The Hall–Kier alpha value is -13.4. The molecule has 0 amide bonds. The van der Waals surface area contributed by atoms with Crippen LogP contribution in [0.5, 0.6) is 0 Å². The molecule has 0 aliphatic carbocycles. The summed E-state index contributed by atoms with van der Waals surface area (Å²) in [7, 11) is 0. The van der Waals surface area contributed by atoms with Crippen LogP contribution in [0.2, 0.25) is 0 Å². The highest BCUT2D eigenvalue weighted by atomic mass is 15.2. The number of aromatic nitrogens is 3. The Morgan fingerprint density at radius 2 is 0.543 bits per heavy atom. The maximum Gasteiger partial charge on any atom is 0.252 e. The number of para-hydroxylation sites is 3. The quantitative estimate of drug-likeness (QED) is 0.107. The molecular formula is C123H116BN5. The maximum absolute atomic E-state index is 2.81. The maximum atomic E-state index is 2.81. The average Bonchev–Trinajstić information content (AvgIpc) is 1.70. The first-order valence-electron chi connectivity index (χ1n) is 46.6. The molecule has 0 saturated heterocycles. The molecule has 6 heteroatoms. The van der Waals surface area contributed by atoms with E-state index in [-0.39, 0.29) is 39.2 Å². The van der Waals surface area contributed by atoms with E-state index in [2.05, 4.69) is 488 Å². The molecule has 3 aromatic heterocycles. The van der Waals surface area contributed by atoms with Crippen molar-refractivity contribution >= 4 is 111 Å². The molecule has 0 N–H and O–H groups in total. The first kappa shape index (κ1) is 82.6. The number of hydrogen-bond donors (Lipinski definition) is 0. The van der Waals surface area contributed by atoms with Gasteiger partial charge in [0, 0.05) is 97.1 Å². The molecule has 2 aliphatic heterocycles. The van der Waals surface area contributed by atoms with Crippen LogP contribution in [0, 0.1) is 0 Å². The van der Waals surface area contributed by atoms with Gasteiger partial charge in [0.1, 0.15) is 0 Å². The fraction of sp³-hybridized carbons (Fsp3) is 0.220. The van der Waals surface area contributed by atoms with E-state index in [4.69, 9.17) is 0 Å². The molecule has 19 aromatic rings. The number of rotatable bonds is 13. The second-order valence-corrected chi connectivity index (χ2v) is 43.0. The minimum absolute atomic E-state index is 0.0762. The van der Waals surface area contributed by atoms with Gasteiger partial charge < -0.3 is 23.5 Å². The lowest BCUT2D eigenvalue weighted by Gasteiger charge is -2.45. The predicted molar refractivity (Wildman–Crippen MR) is 555 cm³/mol. The van der Waals surface area contributed by atoms with Crippen molar-refractivity contribution < 1.29 is 0 Å². The van der Waals surface area contributed by atoms with Gasteiger partial charge in [0.05, 0.1) is 22.1 Å². The van der Waals surface area contributed by atoms with E-state index in [0.717, 1.165) is 11.4 Å². The highest BCUT2D eigenvalue weighted by molar-refractivity contribution is 7.00. The summed E-state index contributed by atoms with van der Waals surface area (Å²) < 4.78 is 7.70. The molecule has 21 rings (SSSR count). The Labute approximate surface area is 763 Å². The van der Waals surface area contributed by atoms with Gasteiger partial charge in [-0.15, -0.1) is 0 Å². The van der Waals surface area contributed by atoms with Gasteiger partial charge in [-0.2, -0.15) is 0 Å². The first-order valence-corrected chi connectivity index (χ1v) is 46.6. The lowest BCUT2D eigenvalue weighted by molar-refractivity contribution is 0.569. The van der Waals surface area contributed by atoms with Crippen molar-refractivity contribution in [1.82, 2.24) is 13.7 Å². The third-order valence-electron chi connectivity index (χ3n) is 28.2. The lowest BCUT2D eigenvalue weighted by atomic mass is 9.33. The van der Waals surface area contributed by atoms with Crippen molar-refractivity contribution in [1.29, 1.82) is 0 Å². The molecule has 0 atom stereocenters. The summed E-state index contributed by atoms with van der Waals surface area (Å²) in [5, 5.41) is 7.48. The van der Waals surface area contributed by atoms with E-state index in [9.17, 15) is 0 Å². The summed E-state index contributed by atoms with van der Waals surface area (Å²) in [4.78, 5) is 5.61. The van der Waals surface area contributed by atoms with Crippen LogP contribution in [0.4, 0.5) is 22.7 Å². The fourth-order valence-electron chi connectivity index (χ4n) is 20.9. The molecule has 0 spiro atoms. The van der Waals surface area contributed by atoms with E-state index >= 15 is 0 Å². The van der Waals surface area contributed by atoms with Crippen molar-refractivity contribution in [2.75, 3.05) is 9.80 Å². The van der Waals surface area contributed by atoms with Gasteiger partial charge in [-0.3, -0.25) is 0 Å². The Kier molecular flexibility index (Phi) is 19.6. The zero-order valence-corrected chi connectivity index (χ0v) is 78.3. The summed E-state index contributed by atoms with van der Waals surface area (Å²) in [6.07, 6.45) is 0. The van der Waals surface area contributed by atoms with E-state index in [1.54, 1.807) is 0 Å². The van der Waals surface area contributed by atoms with Crippen molar-refractivity contribution in [2.45, 2.75) is 177 Å². The third kappa shape index (κ3) is 14.5. The first-order chi connectivity index (χ1) is 61.7. The molecule has 0 fully saturated rings.